The van der Waals surface area contributed by atoms with Gasteiger partial charge in [-0.15, -0.1) is 0 Å². The Bertz CT molecular complexity index is 57.8. The van der Waals surface area contributed by atoms with Gasteiger partial charge in [0.25, 0.3) is 0 Å². The summed E-state index contributed by atoms with van der Waals surface area (Å²) in [5.41, 5.74) is 0. The summed E-state index contributed by atoms with van der Waals surface area (Å²) in [4.78, 5) is 15.4. The molecule has 0 atom stereocenters. The van der Waals surface area contributed by atoms with Gasteiger partial charge in [-0.2, -0.15) is 0 Å². The van der Waals surface area contributed by atoms with Gasteiger partial charge >= 0.3 is 75.8 Å². The molecule has 4 nitrogen and oxygen atoms in total. The molecular formula is H6CaO4PZn. The third-order valence-corrected chi connectivity index (χ3v) is 0. The van der Waals surface area contributed by atoms with Crippen molar-refractivity contribution in [2.24, 2.45) is 0 Å². The van der Waals surface area contributed by atoms with Crippen LogP contribution in [0.25, 0.3) is 0 Å². The number of hydrogen-bond acceptors (Lipinski definition) is 1. The van der Waals surface area contributed by atoms with Gasteiger partial charge in [-0.3, -0.25) is 0 Å². The standard InChI is InChI=1S/Ca.HO3P.H2O.Zn.2H/c;1-4(2)3;;;;/h;(H-,1,2,3);1H2;;;/q;;;-1;;/p+1. The van der Waals surface area contributed by atoms with Crippen molar-refractivity contribution >= 4 is 43.7 Å². The molecule has 7 heavy (non-hydrogen) atoms. The van der Waals surface area contributed by atoms with Gasteiger partial charge in [0, 0.05) is 0 Å². The second kappa shape index (κ2) is 6.12. The monoisotopic (exact) mass is 205 g/mol. The Morgan fingerprint density at radius 3 is 1.43 bits per heavy atom. The zero-order valence-corrected chi connectivity index (χ0v) is 6.82. The van der Waals surface area contributed by atoms with Crippen molar-refractivity contribution in [2.75, 3.05) is 0 Å². The van der Waals surface area contributed by atoms with E-state index >= 15 is 0 Å². The number of hydrogen-bond donors (Lipinski definition) is 2. The maximum absolute atomic E-state index is 9.38. The summed E-state index contributed by atoms with van der Waals surface area (Å²) in [6, 6.07) is 0. The predicted molar refractivity (Wildman–Crippen MR) is 24.2 cm³/mol. The Kier molecular flexibility index (Phi) is 14.0. The molecule has 0 aromatic heterocycles. The van der Waals surface area contributed by atoms with E-state index in [0.29, 0.717) is 0 Å². The molecule has 0 unspecified atom stereocenters. The van der Waals surface area contributed by atoms with Crippen LogP contribution in [0.15, 0.2) is 0 Å². The molecular weight excluding hydrogens is 200 g/mol. The third kappa shape index (κ3) is 72.3. The van der Waals surface area contributed by atoms with E-state index in [1.165, 1.54) is 0 Å². The van der Waals surface area contributed by atoms with Gasteiger partial charge in [0.15, 0.2) is 0 Å². The van der Waals surface area contributed by atoms with Crippen LogP contribution in [0.1, 0.15) is 0 Å². The first-order valence-electron chi connectivity index (χ1n) is 0.899. The molecule has 0 spiro atoms. The van der Waals surface area contributed by atoms with Crippen molar-refractivity contribution in [3.8, 4) is 0 Å². The van der Waals surface area contributed by atoms with Gasteiger partial charge in [-0.1, -0.05) is 0 Å². The quantitative estimate of drug-likeness (QED) is 0.351. The molecule has 0 saturated carbocycles. The molecule has 4 N–H and O–H groups in total. The average Bonchev–Trinajstić information content (AvgIpc) is 0.722. The van der Waals surface area contributed by atoms with E-state index in [9.17, 15) is 4.57 Å². The molecule has 7 heteroatoms. The fraction of sp³-hybridized carbons (Fsp3) is 0. The molecule has 0 aliphatic rings. The normalized spacial score (nSPS) is 8.57. The zero-order valence-electron chi connectivity index (χ0n) is 2.96. The molecule has 0 heterocycles. The summed E-state index contributed by atoms with van der Waals surface area (Å²) < 4.78 is 9.38. The van der Waals surface area contributed by atoms with Crippen LogP contribution in [-0.2, 0) is 22.4 Å². The fourth-order valence-electron chi connectivity index (χ4n) is 0. The summed E-state index contributed by atoms with van der Waals surface area (Å²) in [6.45, 7) is 0. The van der Waals surface area contributed by atoms with Crippen LogP contribution in [0.3, 0.4) is 0 Å². The predicted octanol–water partition coefficient (Wildman–Crippen LogP) is -2.12. The topological polar surface area (TPSA) is 89.0 Å². The SMILES string of the molecule is O.O=[P](O)(O)[Zn].[CaH2]. The van der Waals surface area contributed by atoms with Crippen molar-refractivity contribution in [1.29, 1.82) is 0 Å². The molecule has 39 valence electrons. The van der Waals surface area contributed by atoms with E-state index in [-0.39, 0.29) is 61.0 Å². The van der Waals surface area contributed by atoms with Crippen molar-refractivity contribution < 1.29 is 37.6 Å². The molecule has 0 fully saturated rings. The van der Waals surface area contributed by atoms with Gasteiger partial charge in [0.1, 0.15) is 0 Å². The van der Waals surface area contributed by atoms with E-state index in [0.717, 1.165) is 0 Å². The van der Waals surface area contributed by atoms with Crippen molar-refractivity contribution in [3.05, 3.63) is 0 Å². The minimum atomic E-state index is -3.51. The molecule has 0 aliphatic carbocycles. The van der Waals surface area contributed by atoms with Gasteiger partial charge in [0.05, 0.1) is 0 Å². The molecule has 0 amide bonds. The summed E-state index contributed by atoms with van der Waals surface area (Å²) in [5.74, 6) is -3.51. The summed E-state index contributed by atoms with van der Waals surface area (Å²) in [6.07, 6.45) is 0. The molecule has 0 aliphatic heterocycles. The van der Waals surface area contributed by atoms with E-state index in [4.69, 9.17) is 9.79 Å². The molecule has 0 aromatic carbocycles. The van der Waals surface area contributed by atoms with E-state index < -0.39 is 5.93 Å². The molecule has 0 rings (SSSR count). The molecule has 0 bridgehead atoms. The molecule has 0 radical (unpaired) electrons. The van der Waals surface area contributed by atoms with E-state index in [1.807, 2.05) is 0 Å². The van der Waals surface area contributed by atoms with Crippen LogP contribution in [0.2, 0.25) is 0 Å². The minimum absolute atomic E-state index is 0. The van der Waals surface area contributed by atoms with Crippen LogP contribution in [0.5, 0.6) is 0 Å². The second-order valence-electron chi connectivity index (χ2n) is 0.665. The van der Waals surface area contributed by atoms with Crippen molar-refractivity contribution in [1.82, 2.24) is 0 Å². The summed E-state index contributed by atoms with van der Waals surface area (Å²) >= 11 is 0.0625. The Hall–Kier alpha value is 1.99. The molecule has 0 saturated heterocycles. The zero-order chi connectivity index (χ0) is 4.50. The first kappa shape index (κ1) is 16.0. The van der Waals surface area contributed by atoms with Crippen molar-refractivity contribution in [2.45, 2.75) is 0 Å². The average molecular weight is 206 g/mol. The maximum atomic E-state index is 9.38. The first-order chi connectivity index (χ1) is 2.00. The van der Waals surface area contributed by atoms with Gasteiger partial charge in [0.2, 0.25) is 0 Å². The Balaban J connectivity index is -0.0000000800. The van der Waals surface area contributed by atoms with E-state index in [1.54, 1.807) is 0 Å². The van der Waals surface area contributed by atoms with Gasteiger partial charge in [-0.05, 0) is 0 Å². The Labute approximate surface area is 80.3 Å². The van der Waals surface area contributed by atoms with Crippen molar-refractivity contribution in [3.63, 3.8) is 0 Å². The summed E-state index contributed by atoms with van der Waals surface area (Å²) in [7, 11) is 0. The Morgan fingerprint density at radius 1 is 1.43 bits per heavy atom. The summed E-state index contributed by atoms with van der Waals surface area (Å²) in [5, 5.41) is 0. The van der Waals surface area contributed by atoms with Gasteiger partial charge < -0.3 is 5.48 Å². The molecule has 0 aromatic rings. The first-order valence-corrected chi connectivity index (χ1v) is 6.68. The second-order valence-corrected chi connectivity index (χ2v) is 7.18. The van der Waals surface area contributed by atoms with Crippen LogP contribution in [0, 0.1) is 0 Å². The Morgan fingerprint density at radius 2 is 1.43 bits per heavy atom. The van der Waals surface area contributed by atoms with Gasteiger partial charge in [-0.25, -0.2) is 0 Å². The van der Waals surface area contributed by atoms with E-state index in [2.05, 4.69) is 0 Å². The van der Waals surface area contributed by atoms with Crippen LogP contribution < -0.4 is 0 Å². The number of rotatable bonds is 0. The fourth-order valence-corrected chi connectivity index (χ4v) is 0. The third-order valence-electron chi connectivity index (χ3n) is 0. The van der Waals surface area contributed by atoms with Crippen LogP contribution >= 0.6 is 5.93 Å². The van der Waals surface area contributed by atoms with Crippen LogP contribution in [0.4, 0.5) is 0 Å². The van der Waals surface area contributed by atoms with Crippen LogP contribution in [-0.4, -0.2) is 53.0 Å².